The van der Waals surface area contributed by atoms with Crippen molar-refractivity contribution in [3.05, 3.63) is 42.5 Å². The van der Waals surface area contributed by atoms with Crippen molar-refractivity contribution < 1.29 is 9.84 Å². The smallest absolute Gasteiger partial charge is 0.127 e. The first-order chi connectivity index (χ1) is 8.81. The molecule has 0 unspecified atom stereocenters. The summed E-state index contributed by atoms with van der Waals surface area (Å²) in [7, 11) is 0. The highest BCUT2D eigenvalue weighted by molar-refractivity contribution is 5.88. The number of aliphatic hydroxyl groups is 1. The minimum absolute atomic E-state index is 0.369. The fraction of sp³-hybridized carbons (Fsp3) is 0.375. The first kappa shape index (κ1) is 12.9. The minimum atomic E-state index is -0.371. The Balaban J connectivity index is 2.03. The van der Waals surface area contributed by atoms with Gasteiger partial charge in [0.05, 0.1) is 6.10 Å². The van der Waals surface area contributed by atoms with Gasteiger partial charge in [0.2, 0.25) is 0 Å². The van der Waals surface area contributed by atoms with Gasteiger partial charge in [0.1, 0.15) is 12.4 Å². The van der Waals surface area contributed by atoms with Crippen LogP contribution in [0.25, 0.3) is 10.8 Å². The average Bonchev–Trinajstić information content (AvgIpc) is 2.42. The van der Waals surface area contributed by atoms with E-state index in [1.165, 1.54) is 0 Å². The van der Waals surface area contributed by atoms with Crippen molar-refractivity contribution >= 4 is 10.8 Å². The van der Waals surface area contributed by atoms with Crippen LogP contribution in [0.4, 0.5) is 0 Å². The van der Waals surface area contributed by atoms with Crippen molar-refractivity contribution in [3.63, 3.8) is 0 Å². The van der Waals surface area contributed by atoms with Gasteiger partial charge in [-0.05, 0) is 17.9 Å². The van der Waals surface area contributed by atoms with Crippen molar-refractivity contribution in [2.75, 3.05) is 6.61 Å². The fourth-order valence-corrected chi connectivity index (χ4v) is 2.03. The lowest BCUT2D eigenvalue weighted by molar-refractivity contribution is 0.0988. The number of aliphatic hydroxyl groups excluding tert-OH is 1. The zero-order valence-electron chi connectivity index (χ0n) is 10.8. The molecule has 2 aromatic rings. The third-order valence-electron chi connectivity index (χ3n) is 3.07. The van der Waals surface area contributed by atoms with Gasteiger partial charge in [0, 0.05) is 5.39 Å². The van der Waals surface area contributed by atoms with Crippen LogP contribution in [0, 0.1) is 0 Å². The van der Waals surface area contributed by atoms with Gasteiger partial charge < -0.3 is 9.84 Å². The van der Waals surface area contributed by atoms with E-state index < -0.39 is 0 Å². The van der Waals surface area contributed by atoms with Crippen LogP contribution in [-0.2, 0) is 0 Å². The van der Waals surface area contributed by atoms with Gasteiger partial charge in [0.15, 0.2) is 0 Å². The Bertz CT molecular complexity index is 488. The molecule has 0 aliphatic rings. The lowest BCUT2D eigenvalue weighted by atomic mass is 10.1. The maximum atomic E-state index is 9.79. The molecular formula is C16H20O2. The van der Waals surface area contributed by atoms with E-state index in [0.717, 1.165) is 35.8 Å². The average molecular weight is 244 g/mol. The zero-order chi connectivity index (χ0) is 12.8. The monoisotopic (exact) mass is 244 g/mol. The standard InChI is InChI=1S/C16H20O2/c1-2-3-9-14(17)12-18-16-11-6-8-13-7-4-5-10-15(13)16/h4-8,10-11,14,17H,2-3,9,12H2,1H3/t14-/m0/s1. The maximum absolute atomic E-state index is 9.79. The molecule has 1 N–H and O–H groups in total. The summed E-state index contributed by atoms with van der Waals surface area (Å²) in [6.45, 7) is 2.49. The van der Waals surface area contributed by atoms with E-state index in [9.17, 15) is 5.11 Å². The summed E-state index contributed by atoms with van der Waals surface area (Å²) < 4.78 is 5.73. The molecular weight excluding hydrogens is 224 g/mol. The maximum Gasteiger partial charge on any atom is 0.127 e. The number of hydrogen-bond donors (Lipinski definition) is 1. The van der Waals surface area contributed by atoms with E-state index in [-0.39, 0.29) is 6.10 Å². The van der Waals surface area contributed by atoms with Crippen LogP contribution in [0.3, 0.4) is 0 Å². The first-order valence-electron chi connectivity index (χ1n) is 6.60. The molecule has 96 valence electrons. The normalized spacial score (nSPS) is 12.6. The van der Waals surface area contributed by atoms with Crippen LogP contribution in [-0.4, -0.2) is 17.8 Å². The summed E-state index contributed by atoms with van der Waals surface area (Å²) in [6.07, 6.45) is 2.58. The summed E-state index contributed by atoms with van der Waals surface area (Å²) >= 11 is 0. The SMILES string of the molecule is CCCC[C@H](O)COc1cccc2ccccc12. The van der Waals surface area contributed by atoms with Gasteiger partial charge in [-0.1, -0.05) is 56.2 Å². The number of benzene rings is 2. The number of rotatable bonds is 6. The third-order valence-corrected chi connectivity index (χ3v) is 3.07. The highest BCUT2D eigenvalue weighted by Crippen LogP contribution is 2.25. The molecule has 0 spiro atoms. The van der Waals surface area contributed by atoms with Gasteiger partial charge in [-0.15, -0.1) is 0 Å². The van der Waals surface area contributed by atoms with Gasteiger partial charge >= 0.3 is 0 Å². The molecule has 0 saturated heterocycles. The summed E-state index contributed by atoms with van der Waals surface area (Å²) in [4.78, 5) is 0. The van der Waals surface area contributed by atoms with Crippen molar-refractivity contribution in [2.45, 2.75) is 32.3 Å². The number of fused-ring (bicyclic) bond motifs is 1. The van der Waals surface area contributed by atoms with Crippen LogP contribution in [0.1, 0.15) is 26.2 Å². The molecule has 0 bridgehead atoms. The summed E-state index contributed by atoms with van der Waals surface area (Å²) in [5, 5.41) is 12.1. The van der Waals surface area contributed by atoms with E-state index in [1.54, 1.807) is 0 Å². The van der Waals surface area contributed by atoms with E-state index in [1.807, 2.05) is 30.3 Å². The van der Waals surface area contributed by atoms with E-state index in [0.29, 0.717) is 6.61 Å². The van der Waals surface area contributed by atoms with Crippen molar-refractivity contribution in [1.82, 2.24) is 0 Å². The quantitative estimate of drug-likeness (QED) is 0.838. The summed E-state index contributed by atoms with van der Waals surface area (Å²) in [6, 6.07) is 14.1. The lowest BCUT2D eigenvalue weighted by Crippen LogP contribution is -2.17. The molecule has 2 nitrogen and oxygen atoms in total. The largest absolute Gasteiger partial charge is 0.490 e. The second-order valence-corrected chi connectivity index (χ2v) is 4.58. The van der Waals surface area contributed by atoms with Crippen LogP contribution in [0.15, 0.2) is 42.5 Å². The Hall–Kier alpha value is -1.54. The van der Waals surface area contributed by atoms with Gasteiger partial charge in [-0.25, -0.2) is 0 Å². The molecule has 0 fully saturated rings. The minimum Gasteiger partial charge on any atom is -0.490 e. The zero-order valence-corrected chi connectivity index (χ0v) is 10.8. The van der Waals surface area contributed by atoms with E-state index in [2.05, 4.69) is 19.1 Å². The molecule has 2 aromatic carbocycles. The number of hydrogen-bond acceptors (Lipinski definition) is 2. The molecule has 0 heterocycles. The second kappa shape index (κ2) is 6.41. The van der Waals surface area contributed by atoms with Crippen LogP contribution < -0.4 is 4.74 Å². The second-order valence-electron chi connectivity index (χ2n) is 4.58. The predicted octanol–water partition coefficient (Wildman–Crippen LogP) is 3.77. The van der Waals surface area contributed by atoms with Gasteiger partial charge in [0.25, 0.3) is 0 Å². The molecule has 2 heteroatoms. The third kappa shape index (κ3) is 3.23. The highest BCUT2D eigenvalue weighted by atomic mass is 16.5. The molecule has 0 aromatic heterocycles. The number of unbranched alkanes of at least 4 members (excludes halogenated alkanes) is 1. The van der Waals surface area contributed by atoms with E-state index in [4.69, 9.17) is 4.74 Å². The molecule has 0 amide bonds. The highest BCUT2D eigenvalue weighted by Gasteiger charge is 2.06. The van der Waals surface area contributed by atoms with E-state index >= 15 is 0 Å². The summed E-state index contributed by atoms with van der Waals surface area (Å²) in [5.74, 6) is 0.851. The van der Waals surface area contributed by atoms with Gasteiger partial charge in [-0.3, -0.25) is 0 Å². The lowest BCUT2D eigenvalue weighted by Gasteiger charge is -2.13. The Morgan fingerprint density at radius 1 is 1.11 bits per heavy atom. The molecule has 0 radical (unpaired) electrons. The summed E-state index contributed by atoms with van der Waals surface area (Å²) in [5.41, 5.74) is 0. The Morgan fingerprint density at radius 2 is 1.89 bits per heavy atom. The Labute approximate surface area is 108 Å². The first-order valence-corrected chi connectivity index (χ1v) is 6.60. The molecule has 1 atom stereocenters. The van der Waals surface area contributed by atoms with Crippen molar-refractivity contribution in [3.8, 4) is 5.75 Å². The number of ether oxygens (including phenoxy) is 1. The molecule has 0 aliphatic carbocycles. The molecule has 18 heavy (non-hydrogen) atoms. The Kier molecular flexibility index (Phi) is 4.59. The fourth-order valence-electron chi connectivity index (χ4n) is 2.03. The van der Waals surface area contributed by atoms with Crippen LogP contribution in [0.5, 0.6) is 5.75 Å². The topological polar surface area (TPSA) is 29.5 Å². The predicted molar refractivity (Wildman–Crippen MR) is 75.0 cm³/mol. The molecule has 2 rings (SSSR count). The van der Waals surface area contributed by atoms with Crippen LogP contribution >= 0.6 is 0 Å². The van der Waals surface area contributed by atoms with Gasteiger partial charge in [-0.2, -0.15) is 0 Å². The molecule has 0 aliphatic heterocycles. The van der Waals surface area contributed by atoms with Crippen molar-refractivity contribution in [2.24, 2.45) is 0 Å². The Morgan fingerprint density at radius 3 is 2.72 bits per heavy atom. The van der Waals surface area contributed by atoms with Crippen LogP contribution in [0.2, 0.25) is 0 Å². The molecule has 0 saturated carbocycles. The van der Waals surface area contributed by atoms with Crippen molar-refractivity contribution in [1.29, 1.82) is 0 Å².